The highest BCUT2D eigenvalue weighted by atomic mass is 16.4. The Hall–Kier alpha value is -2.08. The van der Waals surface area contributed by atoms with Crippen LogP contribution in [0.5, 0.6) is 0 Å². The summed E-state index contributed by atoms with van der Waals surface area (Å²) in [5.74, 6) is -0.933. The number of piperazine rings is 1. The van der Waals surface area contributed by atoms with Crippen molar-refractivity contribution in [3.63, 3.8) is 0 Å². The molecule has 1 saturated heterocycles. The second-order valence-electron chi connectivity index (χ2n) is 4.92. The zero-order valence-corrected chi connectivity index (χ0v) is 11.5. The molecule has 1 aliphatic heterocycles. The average Bonchev–Trinajstić information content (AvgIpc) is 2.45. The van der Waals surface area contributed by atoms with Gasteiger partial charge in [0.2, 0.25) is 0 Å². The Bertz CT molecular complexity index is 496. The molecule has 2 rings (SSSR count). The lowest BCUT2D eigenvalue weighted by Crippen LogP contribution is -2.47. The summed E-state index contributed by atoms with van der Waals surface area (Å²) < 4.78 is 0. The first kappa shape index (κ1) is 14.3. The summed E-state index contributed by atoms with van der Waals surface area (Å²) in [7, 11) is 2.04. The summed E-state index contributed by atoms with van der Waals surface area (Å²) in [6.07, 6.45) is 0. The van der Waals surface area contributed by atoms with Crippen LogP contribution in [0.2, 0.25) is 0 Å². The number of hydrogen-bond acceptors (Lipinski definition) is 4. The van der Waals surface area contributed by atoms with Gasteiger partial charge in [-0.3, -0.25) is 9.59 Å². The summed E-state index contributed by atoms with van der Waals surface area (Å²) in [5, 5.41) is 11.4. The molecule has 6 heteroatoms. The van der Waals surface area contributed by atoms with Crippen molar-refractivity contribution in [1.82, 2.24) is 9.80 Å². The quantitative estimate of drug-likeness (QED) is 0.842. The largest absolute Gasteiger partial charge is 0.480 e. The van der Waals surface area contributed by atoms with Crippen LogP contribution in [-0.4, -0.2) is 66.6 Å². The van der Waals surface area contributed by atoms with Gasteiger partial charge in [-0.15, -0.1) is 0 Å². The predicted octanol–water partition coefficient (Wildman–Crippen LogP) is 0.571. The van der Waals surface area contributed by atoms with E-state index >= 15 is 0 Å². The van der Waals surface area contributed by atoms with Gasteiger partial charge >= 0.3 is 5.97 Å². The van der Waals surface area contributed by atoms with Crippen LogP contribution in [-0.2, 0) is 4.79 Å². The number of rotatable bonds is 4. The van der Waals surface area contributed by atoms with Crippen molar-refractivity contribution in [2.24, 2.45) is 0 Å². The van der Waals surface area contributed by atoms with Crippen molar-refractivity contribution < 1.29 is 14.7 Å². The van der Waals surface area contributed by atoms with Crippen LogP contribution in [0, 0.1) is 0 Å². The maximum atomic E-state index is 12.4. The van der Waals surface area contributed by atoms with Gasteiger partial charge < -0.3 is 20.2 Å². The number of carbonyl (C=O) groups is 2. The molecule has 1 aromatic carbocycles. The van der Waals surface area contributed by atoms with Gasteiger partial charge in [-0.05, 0) is 25.2 Å². The first-order chi connectivity index (χ1) is 9.56. The highest BCUT2D eigenvalue weighted by Crippen LogP contribution is 2.13. The average molecular weight is 277 g/mol. The summed E-state index contributed by atoms with van der Waals surface area (Å²) in [6, 6.07) is 6.97. The summed E-state index contributed by atoms with van der Waals surface area (Å²) in [6.45, 7) is 3.04. The lowest BCUT2D eigenvalue weighted by Gasteiger charge is -2.32. The molecule has 20 heavy (non-hydrogen) atoms. The number of carboxylic acid groups (broad SMARTS) is 1. The molecular formula is C14H19N3O3. The van der Waals surface area contributed by atoms with Crippen molar-refractivity contribution in [2.45, 2.75) is 0 Å². The van der Waals surface area contributed by atoms with Gasteiger partial charge in [0.15, 0.2) is 0 Å². The standard InChI is InChI=1S/C14H19N3O3/c1-16-5-7-17(8-6-16)14(20)11-3-2-4-12(9-11)15-10-13(18)19/h2-4,9,15H,5-8,10H2,1H3,(H,18,19). The number of benzene rings is 1. The minimum Gasteiger partial charge on any atom is -0.480 e. The van der Waals surface area contributed by atoms with Crippen molar-refractivity contribution in [3.8, 4) is 0 Å². The highest BCUT2D eigenvalue weighted by Gasteiger charge is 2.20. The highest BCUT2D eigenvalue weighted by molar-refractivity contribution is 5.95. The number of likely N-dealkylation sites (N-methyl/N-ethyl adjacent to an activating group) is 1. The third-order valence-corrected chi connectivity index (χ3v) is 3.34. The first-order valence-electron chi connectivity index (χ1n) is 6.60. The van der Waals surface area contributed by atoms with Gasteiger partial charge in [-0.1, -0.05) is 6.07 Å². The van der Waals surface area contributed by atoms with E-state index in [1.165, 1.54) is 0 Å². The maximum absolute atomic E-state index is 12.4. The van der Waals surface area contributed by atoms with E-state index in [0.717, 1.165) is 26.2 Å². The van der Waals surface area contributed by atoms with Gasteiger partial charge in [0.05, 0.1) is 0 Å². The fraction of sp³-hybridized carbons (Fsp3) is 0.429. The molecule has 0 bridgehead atoms. The molecule has 1 heterocycles. The molecule has 0 spiro atoms. The van der Waals surface area contributed by atoms with Crippen LogP contribution in [0.1, 0.15) is 10.4 Å². The van der Waals surface area contributed by atoms with Crippen molar-refractivity contribution >= 4 is 17.6 Å². The van der Waals surface area contributed by atoms with Crippen molar-refractivity contribution in [3.05, 3.63) is 29.8 Å². The van der Waals surface area contributed by atoms with Gasteiger partial charge in [0, 0.05) is 37.4 Å². The van der Waals surface area contributed by atoms with Gasteiger partial charge in [0.1, 0.15) is 6.54 Å². The number of anilines is 1. The van der Waals surface area contributed by atoms with Gasteiger partial charge in [0.25, 0.3) is 5.91 Å². The van der Waals surface area contributed by atoms with Crippen LogP contribution in [0.25, 0.3) is 0 Å². The smallest absolute Gasteiger partial charge is 0.322 e. The van der Waals surface area contributed by atoms with E-state index in [2.05, 4.69) is 10.2 Å². The van der Waals surface area contributed by atoms with E-state index in [0.29, 0.717) is 11.3 Å². The normalized spacial score (nSPS) is 15.9. The SMILES string of the molecule is CN1CCN(C(=O)c2cccc(NCC(=O)O)c2)CC1. The maximum Gasteiger partial charge on any atom is 0.322 e. The minimum atomic E-state index is -0.930. The lowest BCUT2D eigenvalue weighted by atomic mass is 10.1. The van der Waals surface area contributed by atoms with E-state index in [-0.39, 0.29) is 12.5 Å². The summed E-state index contributed by atoms with van der Waals surface area (Å²) in [5.41, 5.74) is 1.23. The molecule has 0 radical (unpaired) electrons. The number of aliphatic carboxylic acids is 1. The molecule has 0 unspecified atom stereocenters. The van der Waals surface area contributed by atoms with Crippen molar-refractivity contribution in [2.75, 3.05) is 45.1 Å². The Balaban J connectivity index is 2.02. The molecule has 2 N–H and O–H groups in total. The molecular weight excluding hydrogens is 258 g/mol. The predicted molar refractivity (Wildman–Crippen MR) is 76.0 cm³/mol. The molecule has 1 aromatic rings. The van der Waals surface area contributed by atoms with Crippen LogP contribution >= 0.6 is 0 Å². The molecule has 0 aromatic heterocycles. The Labute approximate surface area is 118 Å². The number of carboxylic acids is 1. The minimum absolute atomic E-state index is 0.00271. The monoisotopic (exact) mass is 277 g/mol. The fourth-order valence-electron chi connectivity index (χ4n) is 2.13. The van der Waals surface area contributed by atoms with Crippen molar-refractivity contribution in [1.29, 1.82) is 0 Å². The Morgan fingerprint density at radius 2 is 1.95 bits per heavy atom. The molecule has 0 aliphatic carbocycles. The van der Waals surface area contributed by atoms with E-state index in [1.54, 1.807) is 24.3 Å². The van der Waals surface area contributed by atoms with E-state index in [4.69, 9.17) is 5.11 Å². The lowest BCUT2D eigenvalue weighted by molar-refractivity contribution is -0.134. The van der Waals surface area contributed by atoms with E-state index in [9.17, 15) is 9.59 Å². The Kier molecular flexibility index (Phi) is 4.57. The molecule has 6 nitrogen and oxygen atoms in total. The van der Waals surface area contributed by atoms with Gasteiger partial charge in [-0.25, -0.2) is 0 Å². The Morgan fingerprint density at radius 1 is 1.25 bits per heavy atom. The van der Waals surface area contributed by atoms with E-state index < -0.39 is 5.97 Å². The van der Waals surface area contributed by atoms with Crippen LogP contribution in [0.15, 0.2) is 24.3 Å². The summed E-state index contributed by atoms with van der Waals surface area (Å²) in [4.78, 5) is 26.9. The van der Waals surface area contributed by atoms with Crippen LogP contribution < -0.4 is 5.32 Å². The molecule has 1 amide bonds. The van der Waals surface area contributed by atoms with Crippen LogP contribution in [0.4, 0.5) is 5.69 Å². The molecule has 0 saturated carbocycles. The molecule has 1 aliphatic rings. The third-order valence-electron chi connectivity index (χ3n) is 3.34. The summed E-state index contributed by atoms with van der Waals surface area (Å²) >= 11 is 0. The second-order valence-corrected chi connectivity index (χ2v) is 4.92. The fourth-order valence-corrected chi connectivity index (χ4v) is 2.13. The molecule has 108 valence electrons. The second kappa shape index (κ2) is 6.38. The zero-order chi connectivity index (χ0) is 14.5. The van der Waals surface area contributed by atoms with Crippen LogP contribution in [0.3, 0.4) is 0 Å². The first-order valence-corrected chi connectivity index (χ1v) is 6.60. The number of nitrogens with one attached hydrogen (secondary N) is 1. The number of amides is 1. The molecule has 0 atom stereocenters. The van der Waals surface area contributed by atoms with Gasteiger partial charge in [-0.2, -0.15) is 0 Å². The Morgan fingerprint density at radius 3 is 2.60 bits per heavy atom. The van der Waals surface area contributed by atoms with E-state index in [1.807, 2.05) is 11.9 Å². The number of carbonyl (C=O) groups excluding carboxylic acids is 1. The molecule has 1 fully saturated rings. The number of nitrogens with zero attached hydrogens (tertiary/aromatic N) is 2. The topological polar surface area (TPSA) is 72.9 Å². The number of hydrogen-bond donors (Lipinski definition) is 2. The zero-order valence-electron chi connectivity index (χ0n) is 11.5. The third kappa shape index (κ3) is 3.71.